The van der Waals surface area contributed by atoms with Gasteiger partial charge < -0.3 is 9.32 Å². The summed E-state index contributed by atoms with van der Waals surface area (Å²) in [6, 6.07) is 68.2. The number of benzene rings is 9. The van der Waals surface area contributed by atoms with Gasteiger partial charge in [-0.25, -0.2) is 0 Å². The van der Waals surface area contributed by atoms with Gasteiger partial charge in [-0.1, -0.05) is 127 Å². The van der Waals surface area contributed by atoms with Gasteiger partial charge in [0, 0.05) is 22.1 Å². The number of fused-ring (bicyclic) bond motifs is 8. The van der Waals surface area contributed by atoms with E-state index in [1.807, 2.05) is 42.5 Å². The third kappa shape index (κ3) is 5.24. The number of hydrogen-bond donors (Lipinski definition) is 0. The number of nitrogens with zero attached hydrogens (tertiary/aromatic N) is 4. The molecule has 0 spiro atoms. The summed E-state index contributed by atoms with van der Waals surface area (Å²) in [7, 11) is 0. The van der Waals surface area contributed by atoms with Crippen LogP contribution in [-0.4, -0.2) is 15.0 Å². The smallest absolute Gasteiger partial charge is 0.137 e. The summed E-state index contributed by atoms with van der Waals surface area (Å²) in [5, 5.41) is 16.6. The van der Waals surface area contributed by atoms with E-state index in [0.29, 0.717) is 0 Å². The highest BCUT2D eigenvalue weighted by Gasteiger charge is 2.21. The van der Waals surface area contributed by atoms with Crippen LogP contribution in [-0.2, 0) is 0 Å². The molecule has 0 saturated heterocycles. The molecule has 0 amide bonds. The molecule has 0 radical (unpaired) electrons. The molecule has 2 heterocycles. The molecule has 0 unspecified atom stereocenters. The fourth-order valence-corrected chi connectivity index (χ4v) is 8.02. The van der Waals surface area contributed by atoms with Crippen LogP contribution in [0, 0.1) is 0 Å². The molecule has 5 nitrogen and oxygen atoms in total. The van der Waals surface area contributed by atoms with Crippen LogP contribution in [0.4, 0.5) is 17.1 Å². The molecule has 0 aliphatic carbocycles. The Bertz CT molecular complexity index is 3220. The minimum Gasteiger partial charge on any atom is -0.456 e. The van der Waals surface area contributed by atoms with Gasteiger partial charge in [0.15, 0.2) is 0 Å². The Balaban J connectivity index is 1.15. The van der Waals surface area contributed by atoms with Crippen LogP contribution < -0.4 is 4.90 Å². The lowest BCUT2D eigenvalue weighted by atomic mass is 9.98. The molecule has 0 bridgehead atoms. The van der Waals surface area contributed by atoms with E-state index >= 15 is 0 Å². The first kappa shape index (κ1) is 31.1. The summed E-state index contributed by atoms with van der Waals surface area (Å²) in [6.45, 7) is 0. The SMILES string of the molecule is c1ccc(-c2cccc(-c3cccc(N(c4ccc5ccc6ccc7nn(-c8ccccc8)nc7c6c5c4)c4cccc5oc6ccccc6c45)c3)c2)cc1. The Hall–Kier alpha value is -7.50. The van der Waals surface area contributed by atoms with Crippen LogP contribution in [0.25, 0.3) is 82.5 Å². The molecule has 0 atom stereocenters. The maximum absolute atomic E-state index is 6.43. The van der Waals surface area contributed by atoms with Crippen LogP contribution in [0.3, 0.4) is 0 Å². The van der Waals surface area contributed by atoms with Crippen molar-refractivity contribution in [3.05, 3.63) is 194 Å². The van der Waals surface area contributed by atoms with Crippen molar-refractivity contribution in [1.29, 1.82) is 0 Å². The molecule has 0 fully saturated rings. The van der Waals surface area contributed by atoms with Crippen molar-refractivity contribution in [1.82, 2.24) is 15.0 Å². The topological polar surface area (TPSA) is 47.1 Å². The Morgan fingerprint density at radius 3 is 1.93 bits per heavy atom. The van der Waals surface area contributed by atoms with E-state index in [0.717, 1.165) is 88.4 Å². The highest BCUT2D eigenvalue weighted by atomic mass is 16.3. The summed E-state index contributed by atoms with van der Waals surface area (Å²) in [5.41, 5.74) is 12.1. The number of aromatic nitrogens is 3. The van der Waals surface area contributed by atoms with Crippen molar-refractivity contribution in [2.75, 3.05) is 4.90 Å². The Labute approximate surface area is 316 Å². The quantitative estimate of drug-likeness (QED) is 0.162. The predicted octanol–water partition coefficient (Wildman–Crippen LogP) is 13.4. The Morgan fingerprint density at radius 2 is 1.05 bits per heavy atom. The minimum atomic E-state index is 0.848. The van der Waals surface area contributed by atoms with Crippen LogP contribution in [0.5, 0.6) is 0 Å². The van der Waals surface area contributed by atoms with E-state index in [4.69, 9.17) is 14.6 Å². The van der Waals surface area contributed by atoms with Crippen molar-refractivity contribution >= 4 is 71.6 Å². The molecule has 0 aliphatic rings. The van der Waals surface area contributed by atoms with Crippen LogP contribution in [0.15, 0.2) is 199 Å². The van der Waals surface area contributed by atoms with Crippen molar-refractivity contribution in [3.63, 3.8) is 0 Å². The third-order valence-electron chi connectivity index (χ3n) is 10.6. The van der Waals surface area contributed by atoms with Crippen molar-refractivity contribution < 1.29 is 4.42 Å². The molecular weight excluding hydrogens is 673 g/mol. The highest BCUT2D eigenvalue weighted by Crippen LogP contribution is 2.45. The van der Waals surface area contributed by atoms with Gasteiger partial charge in [0.1, 0.15) is 22.2 Å². The summed E-state index contributed by atoms with van der Waals surface area (Å²) in [5.74, 6) is 0. The molecule has 0 aliphatic heterocycles. The van der Waals surface area contributed by atoms with Gasteiger partial charge in [-0.2, -0.15) is 4.80 Å². The number of para-hydroxylation sites is 2. The molecule has 5 heteroatoms. The van der Waals surface area contributed by atoms with Gasteiger partial charge >= 0.3 is 0 Å². The van der Waals surface area contributed by atoms with E-state index in [9.17, 15) is 0 Å². The average Bonchev–Trinajstić information content (AvgIpc) is 3.87. The molecule has 11 aromatic rings. The maximum Gasteiger partial charge on any atom is 0.137 e. The van der Waals surface area contributed by atoms with E-state index < -0.39 is 0 Å². The zero-order chi connectivity index (χ0) is 36.3. The molecule has 2 aromatic heterocycles. The fourth-order valence-electron chi connectivity index (χ4n) is 8.02. The lowest BCUT2D eigenvalue weighted by molar-refractivity contribution is 0.669. The molecule has 11 rings (SSSR count). The molecule has 9 aromatic carbocycles. The molecule has 55 heavy (non-hydrogen) atoms. The van der Waals surface area contributed by atoms with Crippen molar-refractivity contribution in [2.24, 2.45) is 0 Å². The summed E-state index contributed by atoms with van der Waals surface area (Å²) in [6.07, 6.45) is 0. The second-order valence-corrected chi connectivity index (χ2v) is 13.9. The first-order chi connectivity index (χ1) is 27.2. The first-order valence-corrected chi connectivity index (χ1v) is 18.5. The number of anilines is 3. The van der Waals surface area contributed by atoms with E-state index in [-0.39, 0.29) is 0 Å². The molecule has 258 valence electrons. The number of furan rings is 1. The van der Waals surface area contributed by atoms with Gasteiger partial charge in [0.05, 0.1) is 16.8 Å². The van der Waals surface area contributed by atoms with Crippen LogP contribution in [0.1, 0.15) is 0 Å². The fraction of sp³-hybridized carbons (Fsp3) is 0. The number of hydrogen-bond acceptors (Lipinski definition) is 4. The first-order valence-electron chi connectivity index (χ1n) is 18.5. The monoisotopic (exact) mass is 704 g/mol. The predicted molar refractivity (Wildman–Crippen MR) is 227 cm³/mol. The Kier molecular flexibility index (Phi) is 7.10. The second-order valence-electron chi connectivity index (χ2n) is 13.9. The molecular formula is C50H32N4O. The average molecular weight is 705 g/mol. The van der Waals surface area contributed by atoms with Crippen LogP contribution in [0.2, 0.25) is 0 Å². The van der Waals surface area contributed by atoms with Gasteiger partial charge in [-0.05, 0) is 105 Å². The van der Waals surface area contributed by atoms with Crippen molar-refractivity contribution in [3.8, 4) is 27.9 Å². The van der Waals surface area contributed by atoms with Gasteiger partial charge in [-0.3, -0.25) is 0 Å². The zero-order valence-corrected chi connectivity index (χ0v) is 29.7. The standard InChI is InChI=1S/C50H32N4O/c1-3-12-33(13-4-1)36-14-9-15-37(30-36)38-16-10-19-40(31-38)53(45-21-11-23-47-49(45)42-20-7-8-22-46(42)55-47)41-28-26-34-24-25-35-27-29-44-50(48(35)43(34)32-41)52-54(51-44)39-17-5-2-6-18-39/h1-32H. The summed E-state index contributed by atoms with van der Waals surface area (Å²) >= 11 is 0. The normalized spacial score (nSPS) is 11.6. The molecule has 0 saturated carbocycles. The van der Waals surface area contributed by atoms with E-state index in [2.05, 4.69) is 157 Å². The summed E-state index contributed by atoms with van der Waals surface area (Å²) in [4.78, 5) is 4.11. The summed E-state index contributed by atoms with van der Waals surface area (Å²) < 4.78 is 6.43. The van der Waals surface area contributed by atoms with E-state index in [1.54, 1.807) is 4.80 Å². The van der Waals surface area contributed by atoms with Gasteiger partial charge in [0.25, 0.3) is 0 Å². The second kappa shape index (κ2) is 12.6. The highest BCUT2D eigenvalue weighted by molar-refractivity contribution is 6.19. The van der Waals surface area contributed by atoms with E-state index in [1.165, 1.54) is 11.1 Å². The lowest BCUT2D eigenvalue weighted by Crippen LogP contribution is -2.10. The lowest BCUT2D eigenvalue weighted by Gasteiger charge is -2.27. The van der Waals surface area contributed by atoms with Gasteiger partial charge in [-0.15, -0.1) is 10.2 Å². The third-order valence-corrected chi connectivity index (χ3v) is 10.6. The zero-order valence-electron chi connectivity index (χ0n) is 29.7. The Morgan fingerprint density at radius 1 is 0.418 bits per heavy atom. The minimum absolute atomic E-state index is 0.848. The maximum atomic E-state index is 6.43. The number of rotatable bonds is 6. The molecule has 0 N–H and O–H groups in total. The van der Waals surface area contributed by atoms with Gasteiger partial charge in [0.2, 0.25) is 0 Å². The van der Waals surface area contributed by atoms with Crippen molar-refractivity contribution in [2.45, 2.75) is 0 Å². The van der Waals surface area contributed by atoms with Crippen LogP contribution >= 0.6 is 0 Å². The largest absolute Gasteiger partial charge is 0.456 e.